The fourth-order valence-corrected chi connectivity index (χ4v) is 2.95. The predicted molar refractivity (Wildman–Crippen MR) is 65.0 cm³/mol. The Labute approximate surface area is 97.7 Å². The highest BCUT2D eigenvalue weighted by Crippen LogP contribution is 2.44. The maximum absolute atomic E-state index is 10.9. The van der Waals surface area contributed by atoms with Crippen molar-refractivity contribution in [2.45, 2.75) is 45.6 Å². The molecular weight excluding hydrogens is 198 g/mol. The molecule has 1 heterocycles. The monoisotopic (exact) mass is 219 g/mol. The van der Waals surface area contributed by atoms with Crippen molar-refractivity contribution in [2.75, 3.05) is 0 Å². The number of nitrogens with zero attached hydrogens (tertiary/aromatic N) is 1. The molecule has 2 nitrogen and oxygen atoms in total. The highest BCUT2D eigenvalue weighted by Gasteiger charge is 2.40. The topological polar surface area (TPSA) is 33.1 Å². The van der Waals surface area contributed by atoms with Gasteiger partial charge in [-0.2, -0.15) is 0 Å². The lowest BCUT2D eigenvalue weighted by molar-refractivity contribution is -0.0594. The Morgan fingerprint density at radius 1 is 1.44 bits per heavy atom. The predicted octanol–water partition coefficient (Wildman–Crippen LogP) is 3.03. The number of aryl methyl sites for hydroxylation is 1. The van der Waals surface area contributed by atoms with Gasteiger partial charge in [0, 0.05) is 18.0 Å². The lowest BCUT2D eigenvalue weighted by atomic mass is 9.68. The van der Waals surface area contributed by atoms with E-state index in [0.717, 1.165) is 36.3 Å². The molecule has 1 aromatic heterocycles. The zero-order chi connectivity index (χ0) is 11.8. The number of rotatable bonds is 1. The molecule has 0 bridgehead atoms. The van der Waals surface area contributed by atoms with Gasteiger partial charge in [-0.05, 0) is 49.7 Å². The van der Waals surface area contributed by atoms with E-state index < -0.39 is 5.60 Å². The smallest absolute Gasteiger partial charge is 0.0939 e. The minimum absolute atomic E-state index is 0.319. The van der Waals surface area contributed by atoms with Gasteiger partial charge in [0.05, 0.1) is 5.60 Å². The third-order valence-corrected chi connectivity index (χ3v) is 4.09. The summed E-state index contributed by atoms with van der Waals surface area (Å²) in [5, 5.41) is 10.9. The zero-order valence-corrected chi connectivity index (χ0v) is 10.4. The molecule has 1 aliphatic rings. The molecule has 16 heavy (non-hydrogen) atoms. The Kier molecular flexibility index (Phi) is 3.02. The summed E-state index contributed by atoms with van der Waals surface area (Å²) >= 11 is 0. The molecule has 1 fully saturated rings. The number of aromatic nitrogens is 1. The summed E-state index contributed by atoms with van der Waals surface area (Å²) in [6.07, 6.45) is 6.70. The molecule has 3 atom stereocenters. The van der Waals surface area contributed by atoms with Gasteiger partial charge in [-0.1, -0.05) is 13.8 Å². The molecule has 1 aliphatic carbocycles. The minimum Gasteiger partial charge on any atom is -0.385 e. The third kappa shape index (κ3) is 1.86. The van der Waals surface area contributed by atoms with Crippen LogP contribution in [0.1, 0.15) is 44.2 Å². The van der Waals surface area contributed by atoms with Crippen LogP contribution >= 0.6 is 0 Å². The fourth-order valence-electron chi connectivity index (χ4n) is 2.95. The van der Waals surface area contributed by atoms with Crippen molar-refractivity contribution < 1.29 is 5.11 Å². The van der Waals surface area contributed by atoms with Crippen LogP contribution in [0.2, 0.25) is 0 Å². The molecule has 0 aliphatic heterocycles. The van der Waals surface area contributed by atoms with E-state index in [0.29, 0.717) is 5.92 Å². The van der Waals surface area contributed by atoms with Gasteiger partial charge in [-0.15, -0.1) is 0 Å². The molecule has 2 heteroatoms. The van der Waals surface area contributed by atoms with Crippen molar-refractivity contribution in [3.63, 3.8) is 0 Å². The molecule has 0 saturated heterocycles. The largest absolute Gasteiger partial charge is 0.385 e. The summed E-state index contributed by atoms with van der Waals surface area (Å²) in [6.45, 7) is 6.48. The fraction of sp³-hybridized carbons (Fsp3) is 0.643. The molecule has 88 valence electrons. The van der Waals surface area contributed by atoms with Gasteiger partial charge in [0.25, 0.3) is 0 Å². The number of pyridine rings is 1. The molecular formula is C14H21NO. The minimum atomic E-state index is -0.662. The average Bonchev–Trinajstić information content (AvgIpc) is 2.25. The van der Waals surface area contributed by atoms with Gasteiger partial charge in [-0.3, -0.25) is 4.98 Å². The first-order chi connectivity index (χ1) is 7.54. The molecule has 0 spiro atoms. The summed E-state index contributed by atoms with van der Waals surface area (Å²) in [5.41, 5.74) is 1.51. The van der Waals surface area contributed by atoms with Crippen LogP contribution in [0.15, 0.2) is 18.5 Å². The first-order valence-electron chi connectivity index (χ1n) is 6.17. The lowest BCUT2D eigenvalue weighted by Gasteiger charge is -2.41. The molecule has 0 radical (unpaired) electrons. The normalized spacial score (nSPS) is 35.0. The standard InChI is InChI=1S/C14H21NO/c1-10-4-6-14(16,12(3)8-10)13-9-15-7-5-11(13)2/h5,7,9-10,12,16H,4,6,8H2,1-3H3. The van der Waals surface area contributed by atoms with Crippen LogP contribution in [0.4, 0.5) is 0 Å². The van der Waals surface area contributed by atoms with Gasteiger partial charge in [0.15, 0.2) is 0 Å². The average molecular weight is 219 g/mol. The second-order valence-corrected chi connectivity index (χ2v) is 5.40. The molecule has 1 N–H and O–H groups in total. The maximum atomic E-state index is 10.9. The van der Waals surface area contributed by atoms with Gasteiger partial charge in [-0.25, -0.2) is 0 Å². The Morgan fingerprint density at radius 3 is 2.81 bits per heavy atom. The van der Waals surface area contributed by atoms with Crippen molar-refractivity contribution in [3.8, 4) is 0 Å². The zero-order valence-electron chi connectivity index (χ0n) is 10.4. The van der Waals surface area contributed by atoms with Crippen molar-refractivity contribution in [1.29, 1.82) is 0 Å². The lowest BCUT2D eigenvalue weighted by Crippen LogP contribution is -2.39. The van der Waals surface area contributed by atoms with E-state index in [9.17, 15) is 5.11 Å². The van der Waals surface area contributed by atoms with Gasteiger partial charge in [0.2, 0.25) is 0 Å². The van der Waals surface area contributed by atoms with Crippen LogP contribution in [0.25, 0.3) is 0 Å². The van der Waals surface area contributed by atoms with Crippen LogP contribution in [0.5, 0.6) is 0 Å². The first-order valence-corrected chi connectivity index (χ1v) is 6.17. The van der Waals surface area contributed by atoms with Crippen molar-refractivity contribution >= 4 is 0 Å². The molecule has 1 aromatic rings. The Balaban J connectivity index is 2.35. The van der Waals surface area contributed by atoms with E-state index >= 15 is 0 Å². The van der Waals surface area contributed by atoms with E-state index in [-0.39, 0.29) is 0 Å². The summed E-state index contributed by atoms with van der Waals surface area (Å²) in [7, 11) is 0. The van der Waals surface area contributed by atoms with Crippen molar-refractivity contribution in [3.05, 3.63) is 29.6 Å². The third-order valence-electron chi connectivity index (χ3n) is 4.09. The number of aliphatic hydroxyl groups is 1. The highest BCUT2D eigenvalue weighted by molar-refractivity contribution is 5.29. The Morgan fingerprint density at radius 2 is 2.19 bits per heavy atom. The Hall–Kier alpha value is -0.890. The molecule has 1 saturated carbocycles. The van der Waals surface area contributed by atoms with Crippen molar-refractivity contribution in [1.82, 2.24) is 4.98 Å². The van der Waals surface area contributed by atoms with E-state index in [1.165, 1.54) is 0 Å². The van der Waals surface area contributed by atoms with Crippen molar-refractivity contribution in [2.24, 2.45) is 11.8 Å². The van der Waals surface area contributed by atoms with E-state index in [1.807, 2.05) is 12.3 Å². The number of hydrogen-bond acceptors (Lipinski definition) is 2. The van der Waals surface area contributed by atoms with E-state index in [2.05, 4.69) is 25.8 Å². The van der Waals surface area contributed by atoms with Gasteiger partial charge >= 0.3 is 0 Å². The SMILES string of the molecule is Cc1ccncc1C1(O)CCC(C)CC1C. The molecule has 0 aromatic carbocycles. The molecule has 0 amide bonds. The summed E-state index contributed by atoms with van der Waals surface area (Å²) in [6, 6.07) is 1.98. The second-order valence-electron chi connectivity index (χ2n) is 5.40. The summed E-state index contributed by atoms with van der Waals surface area (Å²) in [4.78, 5) is 4.16. The summed E-state index contributed by atoms with van der Waals surface area (Å²) in [5.74, 6) is 1.05. The second kappa shape index (κ2) is 4.17. The first kappa shape index (κ1) is 11.6. The van der Waals surface area contributed by atoms with Gasteiger partial charge < -0.3 is 5.11 Å². The van der Waals surface area contributed by atoms with Crippen LogP contribution in [-0.2, 0) is 5.60 Å². The Bertz CT molecular complexity index is 377. The van der Waals surface area contributed by atoms with Crippen LogP contribution < -0.4 is 0 Å². The molecule has 3 unspecified atom stereocenters. The quantitative estimate of drug-likeness (QED) is 0.787. The highest BCUT2D eigenvalue weighted by atomic mass is 16.3. The molecule has 2 rings (SSSR count). The van der Waals surface area contributed by atoms with E-state index in [4.69, 9.17) is 0 Å². The van der Waals surface area contributed by atoms with Gasteiger partial charge in [0.1, 0.15) is 0 Å². The van der Waals surface area contributed by atoms with Crippen LogP contribution in [0, 0.1) is 18.8 Å². The summed E-state index contributed by atoms with van der Waals surface area (Å²) < 4.78 is 0. The van der Waals surface area contributed by atoms with Crippen LogP contribution in [0.3, 0.4) is 0 Å². The maximum Gasteiger partial charge on any atom is 0.0939 e. The van der Waals surface area contributed by atoms with E-state index in [1.54, 1.807) is 6.20 Å². The number of hydrogen-bond donors (Lipinski definition) is 1. The van der Waals surface area contributed by atoms with Crippen LogP contribution in [-0.4, -0.2) is 10.1 Å².